The summed E-state index contributed by atoms with van der Waals surface area (Å²) in [4.78, 5) is 2.03. The number of hydrogen-bond donors (Lipinski definition) is 2. The molecule has 0 spiro atoms. The van der Waals surface area contributed by atoms with Crippen LogP contribution in [0.25, 0.3) is 0 Å². The fourth-order valence-electron chi connectivity index (χ4n) is 2.33. The van der Waals surface area contributed by atoms with E-state index in [-0.39, 0.29) is 0 Å². The summed E-state index contributed by atoms with van der Waals surface area (Å²) in [6.07, 6.45) is 1.84. The van der Waals surface area contributed by atoms with Crippen molar-refractivity contribution in [3.8, 4) is 0 Å². The Bertz CT molecular complexity index is 368. The number of rotatable bonds is 10. The predicted octanol–water partition coefficient (Wildman–Crippen LogP) is -0.670. The fourth-order valence-corrected chi connectivity index (χ4v) is 3.54. The third-order valence-corrected chi connectivity index (χ3v) is 5.23. The van der Waals surface area contributed by atoms with Crippen molar-refractivity contribution < 1.29 is 13.2 Å². The molecule has 0 atom stereocenters. The second kappa shape index (κ2) is 9.70. The minimum atomic E-state index is -3.35. The molecule has 0 aromatic heterocycles. The molecule has 1 heterocycles. The van der Waals surface area contributed by atoms with Crippen LogP contribution in [0.3, 0.4) is 0 Å². The Hall–Kier alpha value is -0.250. The third kappa shape index (κ3) is 7.53. The van der Waals surface area contributed by atoms with Crippen LogP contribution in [0.5, 0.6) is 0 Å². The minimum absolute atomic E-state index is 0.326. The van der Waals surface area contributed by atoms with Crippen LogP contribution in [-0.2, 0) is 14.9 Å². The Morgan fingerprint density at radius 3 is 2.48 bits per heavy atom. The summed E-state index contributed by atoms with van der Waals surface area (Å²) in [5, 5.41) is 3.15. The zero-order chi connectivity index (χ0) is 15.7. The van der Waals surface area contributed by atoms with Crippen molar-refractivity contribution in [1.82, 2.24) is 19.2 Å². The monoisotopic (exact) mass is 322 g/mol. The molecule has 0 unspecified atom stereocenters. The van der Waals surface area contributed by atoms with Crippen LogP contribution in [-0.4, -0.2) is 84.7 Å². The largest absolute Gasteiger partial charge is 0.379 e. The normalized spacial score (nSPS) is 18.5. The second-order valence-corrected chi connectivity index (χ2v) is 7.47. The fraction of sp³-hybridized carbons (Fsp3) is 1.00. The van der Waals surface area contributed by atoms with Gasteiger partial charge in [-0.25, -0.2) is 0 Å². The lowest BCUT2D eigenvalue weighted by Crippen LogP contribution is -2.46. The maximum absolute atomic E-state index is 12.1. The smallest absolute Gasteiger partial charge is 0.279 e. The average molecular weight is 322 g/mol. The van der Waals surface area contributed by atoms with Crippen LogP contribution in [0.2, 0.25) is 0 Å². The van der Waals surface area contributed by atoms with Gasteiger partial charge in [-0.05, 0) is 46.4 Å². The van der Waals surface area contributed by atoms with E-state index < -0.39 is 10.2 Å². The Kier molecular flexibility index (Phi) is 8.69. The highest BCUT2D eigenvalue weighted by atomic mass is 32.2. The highest BCUT2D eigenvalue weighted by Gasteiger charge is 2.27. The number of nitrogens with zero attached hydrogens (tertiary/aromatic N) is 2. The molecule has 0 amide bonds. The van der Waals surface area contributed by atoms with Gasteiger partial charge in [0.05, 0.1) is 13.2 Å². The topological polar surface area (TPSA) is 73.9 Å². The van der Waals surface area contributed by atoms with E-state index in [1.165, 1.54) is 0 Å². The molecule has 0 aromatic carbocycles. The van der Waals surface area contributed by atoms with Crippen molar-refractivity contribution in [3.05, 3.63) is 0 Å². The van der Waals surface area contributed by atoms with Crippen LogP contribution in [0, 0.1) is 5.92 Å². The maximum Gasteiger partial charge on any atom is 0.279 e. The lowest BCUT2D eigenvalue weighted by atomic mass is 9.98. The maximum atomic E-state index is 12.1. The molecule has 8 heteroatoms. The Balaban J connectivity index is 2.19. The highest BCUT2D eigenvalue weighted by molar-refractivity contribution is 7.87. The molecule has 0 bridgehead atoms. The Morgan fingerprint density at radius 2 is 1.90 bits per heavy atom. The third-order valence-electron chi connectivity index (χ3n) is 3.62. The Morgan fingerprint density at radius 1 is 1.24 bits per heavy atom. The molecule has 0 aliphatic carbocycles. The summed E-state index contributed by atoms with van der Waals surface area (Å²) >= 11 is 0. The molecule has 1 aliphatic heterocycles. The van der Waals surface area contributed by atoms with Gasteiger partial charge in [-0.2, -0.15) is 17.4 Å². The van der Waals surface area contributed by atoms with E-state index in [9.17, 15) is 8.42 Å². The van der Waals surface area contributed by atoms with E-state index in [0.29, 0.717) is 38.8 Å². The first-order valence-corrected chi connectivity index (χ1v) is 9.01. The first kappa shape index (κ1) is 18.8. The molecule has 7 nitrogen and oxygen atoms in total. The van der Waals surface area contributed by atoms with Crippen molar-refractivity contribution in [2.75, 3.05) is 67.1 Å². The summed E-state index contributed by atoms with van der Waals surface area (Å²) in [5.41, 5.74) is 0. The number of hydrogen-bond acceptors (Lipinski definition) is 5. The van der Waals surface area contributed by atoms with Crippen LogP contribution in [0.4, 0.5) is 0 Å². The molecule has 2 N–H and O–H groups in total. The number of piperidine rings is 1. The lowest BCUT2D eigenvalue weighted by Gasteiger charge is -2.31. The molecule has 1 rings (SSSR count). The van der Waals surface area contributed by atoms with Gasteiger partial charge in [0.2, 0.25) is 0 Å². The van der Waals surface area contributed by atoms with Gasteiger partial charge in [-0.1, -0.05) is 0 Å². The summed E-state index contributed by atoms with van der Waals surface area (Å²) in [5.74, 6) is 0.579. The van der Waals surface area contributed by atoms with E-state index >= 15 is 0 Å². The van der Waals surface area contributed by atoms with Gasteiger partial charge in [-0.15, -0.1) is 0 Å². The predicted molar refractivity (Wildman–Crippen MR) is 84.5 cm³/mol. The summed E-state index contributed by atoms with van der Waals surface area (Å²) in [7, 11) is 2.53. The van der Waals surface area contributed by atoms with Crippen LogP contribution < -0.4 is 10.0 Å². The van der Waals surface area contributed by atoms with Gasteiger partial charge < -0.3 is 15.0 Å². The van der Waals surface area contributed by atoms with E-state index in [0.717, 1.165) is 25.9 Å². The quantitative estimate of drug-likeness (QED) is 0.522. The Labute approximate surface area is 129 Å². The van der Waals surface area contributed by atoms with Gasteiger partial charge in [0.1, 0.15) is 0 Å². The zero-order valence-corrected chi connectivity index (χ0v) is 14.3. The van der Waals surface area contributed by atoms with E-state index in [2.05, 4.69) is 10.0 Å². The summed E-state index contributed by atoms with van der Waals surface area (Å²) < 4.78 is 33.8. The molecular weight excluding hydrogens is 292 g/mol. The van der Waals surface area contributed by atoms with E-state index in [1.807, 2.05) is 26.0 Å². The van der Waals surface area contributed by atoms with E-state index in [4.69, 9.17) is 4.74 Å². The van der Waals surface area contributed by atoms with Gasteiger partial charge >= 0.3 is 0 Å². The molecule has 0 aromatic rings. The molecule has 1 saturated heterocycles. The van der Waals surface area contributed by atoms with Gasteiger partial charge in [-0.3, -0.25) is 0 Å². The first-order chi connectivity index (χ1) is 9.95. The van der Waals surface area contributed by atoms with E-state index in [1.54, 1.807) is 4.31 Å². The van der Waals surface area contributed by atoms with Crippen molar-refractivity contribution in [2.45, 2.75) is 12.8 Å². The van der Waals surface area contributed by atoms with Gasteiger partial charge in [0, 0.05) is 26.2 Å². The highest BCUT2D eigenvalue weighted by Crippen LogP contribution is 2.18. The van der Waals surface area contributed by atoms with Gasteiger partial charge in [0.25, 0.3) is 10.2 Å². The number of likely N-dealkylation sites (N-methyl/N-ethyl adjacent to an activating group) is 1. The molecular formula is C13H30N4O3S. The van der Waals surface area contributed by atoms with Crippen molar-refractivity contribution in [2.24, 2.45) is 5.92 Å². The van der Waals surface area contributed by atoms with Crippen LogP contribution >= 0.6 is 0 Å². The molecule has 21 heavy (non-hydrogen) atoms. The van der Waals surface area contributed by atoms with Crippen LogP contribution in [0.15, 0.2) is 0 Å². The SMILES string of the molecule is CNCC1CCN(S(=O)(=O)NCCOCCN(C)C)CC1. The molecule has 126 valence electrons. The molecule has 1 fully saturated rings. The van der Waals surface area contributed by atoms with Crippen molar-refractivity contribution in [1.29, 1.82) is 0 Å². The van der Waals surface area contributed by atoms with Crippen LogP contribution in [0.1, 0.15) is 12.8 Å². The average Bonchev–Trinajstić information content (AvgIpc) is 2.43. The molecule has 1 aliphatic rings. The number of ether oxygens (including phenoxy) is 1. The minimum Gasteiger partial charge on any atom is -0.379 e. The number of nitrogens with one attached hydrogen (secondary N) is 2. The zero-order valence-electron chi connectivity index (χ0n) is 13.5. The van der Waals surface area contributed by atoms with Gasteiger partial charge in [0.15, 0.2) is 0 Å². The van der Waals surface area contributed by atoms with Crippen molar-refractivity contribution in [3.63, 3.8) is 0 Å². The summed E-state index contributed by atoms with van der Waals surface area (Å²) in [6, 6.07) is 0. The first-order valence-electron chi connectivity index (χ1n) is 7.57. The lowest BCUT2D eigenvalue weighted by molar-refractivity contribution is 0.122. The molecule has 0 saturated carbocycles. The van der Waals surface area contributed by atoms with Crippen molar-refractivity contribution >= 4 is 10.2 Å². The standard InChI is InChI=1S/C13H30N4O3S/c1-14-12-13-4-7-17(8-5-13)21(18,19)15-6-10-20-11-9-16(2)3/h13-15H,4-12H2,1-3H3. The molecule has 0 radical (unpaired) electrons. The second-order valence-electron chi connectivity index (χ2n) is 5.72. The summed E-state index contributed by atoms with van der Waals surface area (Å²) in [6.45, 7) is 4.35.